The van der Waals surface area contributed by atoms with E-state index in [4.69, 9.17) is 9.47 Å². The molecule has 5 heteroatoms. The molecule has 27 heavy (non-hydrogen) atoms. The molecule has 0 unspecified atom stereocenters. The lowest BCUT2D eigenvalue weighted by Gasteiger charge is -2.24. The molecule has 0 spiro atoms. The maximum absolute atomic E-state index is 12.9. The van der Waals surface area contributed by atoms with E-state index in [0.29, 0.717) is 30.3 Å². The van der Waals surface area contributed by atoms with Crippen molar-refractivity contribution in [1.82, 2.24) is 10.3 Å². The summed E-state index contributed by atoms with van der Waals surface area (Å²) in [4.78, 5) is 16.4. The van der Waals surface area contributed by atoms with Gasteiger partial charge in [0.1, 0.15) is 0 Å². The van der Waals surface area contributed by atoms with Crippen molar-refractivity contribution >= 4 is 16.8 Å². The number of fused-ring (bicyclic) bond motifs is 4. The first-order valence-electron chi connectivity index (χ1n) is 9.59. The minimum absolute atomic E-state index is 0.00429. The van der Waals surface area contributed by atoms with Gasteiger partial charge in [-0.2, -0.15) is 0 Å². The Morgan fingerprint density at radius 1 is 1.04 bits per heavy atom. The number of hydrogen-bond donors (Lipinski definition) is 2. The van der Waals surface area contributed by atoms with Gasteiger partial charge in [0.05, 0.1) is 19.3 Å². The van der Waals surface area contributed by atoms with Crippen molar-refractivity contribution in [3.05, 3.63) is 59.3 Å². The van der Waals surface area contributed by atoms with Crippen molar-refractivity contribution in [3.8, 4) is 11.5 Å². The van der Waals surface area contributed by atoms with Crippen molar-refractivity contribution in [2.24, 2.45) is 0 Å². The molecule has 5 nitrogen and oxygen atoms in total. The van der Waals surface area contributed by atoms with E-state index in [1.165, 1.54) is 10.9 Å². The zero-order valence-electron chi connectivity index (χ0n) is 15.1. The van der Waals surface area contributed by atoms with Crippen LogP contribution in [0.3, 0.4) is 0 Å². The Morgan fingerprint density at radius 3 is 2.81 bits per heavy atom. The molecule has 1 atom stereocenters. The van der Waals surface area contributed by atoms with Crippen LogP contribution in [0.25, 0.3) is 10.9 Å². The van der Waals surface area contributed by atoms with E-state index < -0.39 is 0 Å². The molecule has 0 radical (unpaired) electrons. The number of carbonyl (C=O) groups is 1. The molecule has 1 aliphatic heterocycles. The van der Waals surface area contributed by atoms with E-state index in [-0.39, 0.29) is 11.9 Å². The highest BCUT2D eigenvalue weighted by molar-refractivity contribution is 5.95. The predicted molar refractivity (Wildman–Crippen MR) is 103 cm³/mol. The topological polar surface area (TPSA) is 63.4 Å². The standard InChI is InChI=1S/C22H22N2O3/c25-22(14-9-10-19-20(13-14)27-12-4-11-26-19)24-18-8-3-6-16-15-5-1-2-7-17(15)23-21(16)18/h1-2,5,7,9-10,13,18,23H,3-4,6,8,11-12H2,(H,24,25)/t18-/m1/s1. The Bertz CT molecular complexity index is 1010. The summed E-state index contributed by atoms with van der Waals surface area (Å²) >= 11 is 0. The Labute approximate surface area is 157 Å². The fraction of sp³-hybridized carbons (Fsp3) is 0.318. The van der Waals surface area contributed by atoms with Gasteiger partial charge in [-0.3, -0.25) is 4.79 Å². The number of aromatic amines is 1. The lowest BCUT2D eigenvalue weighted by molar-refractivity contribution is 0.0931. The number of rotatable bonds is 2. The fourth-order valence-electron chi connectivity index (χ4n) is 4.11. The van der Waals surface area contributed by atoms with Crippen molar-refractivity contribution < 1.29 is 14.3 Å². The zero-order valence-corrected chi connectivity index (χ0v) is 15.1. The van der Waals surface area contributed by atoms with Crippen LogP contribution in [0.2, 0.25) is 0 Å². The van der Waals surface area contributed by atoms with Crippen LogP contribution in [-0.4, -0.2) is 24.1 Å². The first kappa shape index (κ1) is 16.2. The van der Waals surface area contributed by atoms with Crippen LogP contribution >= 0.6 is 0 Å². The molecule has 0 bridgehead atoms. The molecule has 2 N–H and O–H groups in total. The molecule has 2 aliphatic rings. The van der Waals surface area contributed by atoms with Crippen LogP contribution in [0.1, 0.15) is 46.9 Å². The summed E-state index contributed by atoms with van der Waals surface area (Å²) in [6.45, 7) is 1.25. The Morgan fingerprint density at radius 2 is 1.89 bits per heavy atom. The number of aromatic nitrogens is 1. The van der Waals surface area contributed by atoms with Gasteiger partial charge in [0, 0.05) is 28.6 Å². The number of H-pyrrole nitrogens is 1. The monoisotopic (exact) mass is 362 g/mol. The van der Waals surface area contributed by atoms with Crippen LogP contribution in [0.4, 0.5) is 0 Å². The average molecular weight is 362 g/mol. The minimum atomic E-state index is -0.0813. The highest BCUT2D eigenvalue weighted by atomic mass is 16.5. The maximum Gasteiger partial charge on any atom is 0.251 e. The molecule has 2 aromatic carbocycles. The molecule has 1 aromatic heterocycles. The molecular formula is C22H22N2O3. The highest BCUT2D eigenvalue weighted by Crippen LogP contribution is 2.35. The summed E-state index contributed by atoms with van der Waals surface area (Å²) in [5, 5.41) is 4.47. The first-order chi connectivity index (χ1) is 13.3. The van der Waals surface area contributed by atoms with Crippen LogP contribution in [-0.2, 0) is 6.42 Å². The van der Waals surface area contributed by atoms with Gasteiger partial charge < -0.3 is 19.8 Å². The van der Waals surface area contributed by atoms with E-state index >= 15 is 0 Å². The summed E-state index contributed by atoms with van der Waals surface area (Å²) in [6.07, 6.45) is 3.91. The Balaban J connectivity index is 1.41. The van der Waals surface area contributed by atoms with Crippen LogP contribution in [0.5, 0.6) is 11.5 Å². The van der Waals surface area contributed by atoms with Gasteiger partial charge >= 0.3 is 0 Å². The van der Waals surface area contributed by atoms with Crippen molar-refractivity contribution in [3.63, 3.8) is 0 Å². The maximum atomic E-state index is 12.9. The second-order valence-corrected chi connectivity index (χ2v) is 7.19. The normalized spacial score (nSPS) is 18.6. The van der Waals surface area contributed by atoms with Crippen LogP contribution < -0.4 is 14.8 Å². The summed E-state index contributed by atoms with van der Waals surface area (Å²) in [7, 11) is 0. The van der Waals surface area contributed by atoms with E-state index in [9.17, 15) is 4.79 Å². The molecule has 5 rings (SSSR count). The number of benzene rings is 2. The Hall–Kier alpha value is -2.95. The molecule has 0 saturated heterocycles. The SMILES string of the molecule is O=C(N[C@@H]1CCCc2c1[nH]c1ccccc21)c1ccc2c(c1)OCCCO2. The van der Waals surface area contributed by atoms with Gasteiger partial charge in [-0.05, 0) is 49.1 Å². The smallest absolute Gasteiger partial charge is 0.251 e. The molecule has 1 amide bonds. The summed E-state index contributed by atoms with van der Waals surface area (Å²) in [5.74, 6) is 1.27. The third-order valence-electron chi connectivity index (χ3n) is 5.43. The van der Waals surface area contributed by atoms with E-state index in [0.717, 1.165) is 36.9 Å². The van der Waals surface area contributed by atoms with Crippen LogP contribution in [0, 0.1) is 0 Å². The van der Waals surface area contributed by atoms with Gasteiger partial charge in [-0.25, -0.2) is 0 Å². The molecule has 2 heterocycles. The molecule has 0 saturated carbocycles. The average Bonchev–Trinajstić information content (AvgIpc) is 2.92. The van der Waals surface area contributed by atoms with Gasteiger partial charge in [-0.15, -0.1) is 0 Å². The molecular weight excluding hydrogens is 340 g/mol. The largest absolute Gasteiger partial charge is 0.490 e. The predicted octanol–water partition coefficient (Wildman–Crippen LogP) is 4.14. The van der Waals surface area contributed by atoms with Crippen molar-refractivity contribution in [1.29, 1.82) is 0 Å². The number of carbonyl (C=O) groups excluding carboxylic acids is 1. The number of aryl methyl sites for hydroxylation is 1. The van der Waals surface area contributed by atoms with Gasteiger partial charge in [0.15, 0.2) is 11.5 Å². The minimum Gasteiger partial charge on any atom is -0.490 e. The van der Waals surface area contributed by atoms with Gasteiger partial charge in [0.2, 0.25) is 0 Å². The number of para-hydroxylation sites is 1. The third kappa shape index (κ3) is 2.93. The first-order valence-corrected chi connectivity index (χ1v) is 9.59. The van der Waals surface area contributed by atoms with Crippen molar-refractivity contribution in [2.75, 3.05) is 13.2 Å². The zero-order chi connectivity index (χ0) is 18.2. The second kappa shape index (κ2) is 6.65. The molecule has 138 valence electrons. The van der Waals surface area contributed by atoms with E-state index in [1.807, 2.05) is 12.1 Å². The molecule has 3 aromatic rings. The number of nitrogens with one attached hydrogen (secondary N) is 2. The van der Waals surface area contributed by atoms with Crippen LogP contribution in [0.15, 0.2) is 42.5 Å². The number of amides is 1. The molecule has 1 aliphatic carbocycles. The number of hydrogen-bond acceptors (Lipinski definition) is 3. The molecule has 0 fully saturated rings. The Kier molecular flexibility index (Phi) is 4.00. The second-order valence-electron chi connectivity index (χ2n) is 7.19. The quantitative estimate of drug-likeness (QED) is 0.720. The lowest BCUT2D eigenvalue weighted by Crippen LogP contribution is -2.31. The summed E-state index contributed by atoms with van der Waals surface area (Å²) in [5.41, 5.74) is 4.22. The summed E-state index contributed by atoms with van der Waals surface area (Å²) in [6, 6.07) is 13.8. The summed E-state index contributed by atoms with van der Waals surface area (Å²) < 4.78 is 11.4. The van der Waals surface area contributed by atoms with Gasteiger partial charge in [-0.1, -0.05) is 18.2 Å². The van der Waals surface area contributed by atoms with Crippen molar-refractivity contribution in [2.45, 2.75) is 31.7 Å². The highest BCUT2D eigenvalue weighted by Gasteiger charge is 2.26. The lowest BCUT2D eigenvalue weighted by atomic mass is 9.91. The third-order valence-corrected chi connectivity index (χ3v) is 5.43. The fourth-order valence-corrected chi connectivity index (χ4v) is 4.11. The number of ether oxygens (including phenoxy) is 2. The van der Waals surface area contributed by atoms with Gasteiger partial charge in [0.25, 0.3) is 5.91 Å². The van der Waals surface area contributed by atoms with E-state index in [2.05, 4.69) is 28.5 Å². The van der Waals surface area contributed by atoms with E-state index in [1.54, 1.807) is 12.1 Å².